The molecule has 0 saturated carbocycles. The first-order valence-corrected chi connectivity index (χ1v) is 6.98. The van der Waals surface area contributed by atoms with Crippen molar-refractivity contribution in [3.8, 4) is 5.75 Å². The van der Waals surface area contributed by atoms with Gasteiger partial charge in [0.1, 0.15) is 5.75 Å². The van der Waals surface area contributed by atoms with Gasteiger partial charge in [-0.05, 0) is 29.1 Å². The van der Waals surface area contributed by atoms with Gasteiger partial charge in [0.25, 0.3) is 0 Å². The number of rotatable bonds is 3. The Hall–Kier alpha value is -1.65. The molecule has 0 bridgehead atoms. The summed E-state index contributed by atoms with van der Waals surface area (Å²) in [6.45, 7) is 0. The third-order valence-corrected chi connectivity index (χ3v) is 2.93. The van der Waals surface area contributed by atoms with Crippen LogP contribution in [0.4, 0.5) is 13.2 Å². The highest BCUT2D eigenvalue weighted by molar-refractivity contribution is 7.80. The molecule has 1 aliphatic rings. The van der Waals surface area contributed by atoms with E-state index in [9.17, 15) is 13.2 Å². The molecule has 1 aliphatic carbocycles. The Morgan fingerprint density at radius 1 is 1.08 bits per heavy atom. The number of benzene rings is 1. The third kappa shape index (κ3) is 7.75. The summed E-state index contributed by atoms with van der Waals surface area (Å²) >= 11 is 4.85. The van der Waals surface area contributed by atoms with Crippen LogP contribution < -0.4 is 10.2 Å². The van der Waals surface area contributed by atoms with Crippen LogP contribution >= 0.6 is 12.2 Å². The van der Waals surface area contributed by atoms with Crippen molar-refractivity contribution in [2.24, 2.45) is 0 Å². The maximum absolute atomic E-state index is 11.7. The molecule has 0 fully saturated rings. The molecular weight excluding hydrogens is 347 g/mol. The molecule has 5 nitrogen and oxygen atoms in total. The zero-order chi connectivity index (χ0) is 18.3. The second-order valence-electron chi connectivity index (χ2n) is 4.58. The number of hydrogen-bond donors (Lipinski definition) is 4. The highest BCUT2D eigenvalue weighted by Gasteiger charge is 2.31. The van der Waals surface area contributed by atoms with Crippen molar-refractivity contribution in [3.05, 3.63) is 48.0 Å². The second kappa shape index (κ2) is 9.00. The van der Waals surface area contributed by atoms with Gasteiger partial charge in [-0.2, -0.15) is 0 Å². The van der Waals surface area contributed by atoms with Crippen molar-refractivity contribution in [2.45, 2.75) is 12.8 Å². The van der Waals surface area contributed by atoms with Gasteiger partial charge in [0.15, 0.2) is 0 Å². The van der Waals surface area contributed by atoms with Crippen molar-refractivity contribution in [3.63, 3.8) is 0 Å². The molecule has 0 atom stereocenters. The number of hydrogen-bond acceptors (Lipinski definition) is 6. The topological polar surface area (TPSA) is 90.2 Å². The quantitative estimate of drug-likeness (QED) is 0.464. The largest absolute Gasteiger partial charge is 0.573 e. The molecule has 0 heterocycles. The molecule has 128 valence electrons. The lowest BCUT2D eigenvalue weighted by Crippen LogP contribution is -2.30. The predicted molar refractivity (Wildman–Crippen MR) is 87.6 cm³/mol. The molecular formula is C13H13B2F3O5S. The van der Waals surface area contributed by atoms with E-state index in [1.807, 2.05) is 6.08 Å². The molecule has 0 aliphatic heterocycles. The molecule has 24 heavy (non-hydrogen) atoms. The first-order chi connectivity index (χ1) is 11.1. The highest BCUT2D eigenvalue weighted by atomic mass is 32.1. The van der Waals surface area contributed by atoms with Crippen molar-refractivity contribution >= 4 is 36.8 Å². The van der Waals surface area contributed by atoms with Crippen molar-refractivity contribution in [2.75, 3.05) is 0 Å². The van der Waals surface area contributed by atoms with Gasteiger partial charge in [0.2, 0.25) is 0 Å². The maximum Gasteiger partial charge on any atom is 0.573 e. The minimum absolute atomic E-state index is 0.0632. The van der Waals surface area contributed by atoms with Crippen molar-refractivity contribution < 1.29 is 38.0 Å². The molecule has 4 N–H and O–H groups in total. The molecule has 0 unspecified atom stereocenters. The Balaban J connectivity index is 0.000000254. The smallest absolute Gasteiger partial charge is 0.423 e. The third-order valence-electron chi connectivity index (χ3n) is 2.64. The van der Waals surface area contributed by atoms with E-state index in [0.717, 1.165) is 23.4 Å². The Bertz CT molecular complexity index is 632. The summed E-state index contributed by atoms with van der Waals surface area (Å²) in [5.74, 6) is -0.483. The minimum atomic E-state index is -4.78. The van der Waals surface area contributed by atoms with Gasteiger partial charge >= 0.3 is 20.6 Å². The summed E-state index contributed by atoms with van der Waals surface area (Å²) in [4.78, 5) is 0.741. The highest BCUT2D eigenvalue weighted by Crippen LogP contribution is 2.21. The van der Waals surface area contributed by atoms with E-state index < -0.39 is 26.3 Å². The van der Waals surface area contributed by atoms with Crippen LogP contribution in [0.5, 0.6) is 5.75 Å². The summed E-state index contributed by atoms with van der Waals surface area (Å²) in [5, 5.41) is 34.7. The average Bonchev–Trinajstić information content (AvgIpc) is 2.46. The van der Waals surface area contributed by atoms with E-state index in [1.54, 1.807) is 12.2 Å². The van der Waals surface area contributed by atoms with Crippen LogP contribution in [0.25, 0.3) is 0 Å². The Labute approximate surface area is 142 Å². The van der Waals surface area contributed by atoms with E-state index in [2.05, 4.69) is 4.74 Å². The van der Waals surface area contributed by atoms with Gasteiger partial charge in [-0.3, -0.25) is 0 Å². The van der Waals surface area contributed by atoms with E-state index in [1.165, 1.54) is 12.1 Å². The van der Waals surface area contributed by atoms with Crippen LogP contribution in [0.1, 0.15) is 6.42 Å². The minimum Gasteiger partial charge on any atom is -0.423 e. The predicted octanol–water partition coefficient (Wildman–Crippen LogP) is 0.520. The average molecular weight is 360 g/mol. The summed E-state index contributed by atoms with van der Waals surface area (Å²) in [5.41, 5.74) is 0.406. The van der Waals surface area contributed by atoms with E-state index in [4.69, 9.17) is 32.3 Å². The number of allylic oxidation sites excluding steroid dienone is 4. The van der Waals surface area contributed by atoms with Crippen LogP contribution in [-0.4, -0.2) is 45.6 Å². The molecule has 0 saturated heterocycles. The zero-order valence-corrected chi connectivity index (χ0v) is 13.0. The number of thiocarbonyl (C=S) groups is 1. The molecule has 0 amide bonds. The van der Waals surface area contributed by atoms with Crippen LogP contribution in [-0.2, 0) is 0 Å². The van der Waals surface area contributed by atoms with Gasteiger partial charge in [0.05, 0.1) is 0 Å². The Morgan fingerprint density at radius 3 is 2.21 bits per heavy atom. The standard InChI is InChI=1S/C7H6BF3O3.C6H7BO2S/c9-7(10,11)14-6-3-1-2-5(4-6)8(12)13;8-7(9)5-2-1-3-6(10)4-5/h1-4,12-13H;1-2,4,8-9H,3H2. The molecule has 0 spiro atoms. The van der Waals surface area contributed by atoms with E-state index in [-0.39, 0.29) is 5.46 Å². The molecule has 0 radical (unpaired) electrons. The van der Waals surface area contributed by atoms with Crippen molar-refractivity contribution in [1.82, 2.24) is 0 Å². The lowest BCUT2D eigenvalue weighted by molar-refractivity contribution is -0.274. The zero-order valence-electron chi connectivity index (χ0n) is 12.1. The number of ether oxygens (including phenoxy) is 1. The first kappa shape index (κ1) is 20.4. The second-order valence-corrected chi connectivity index (χ2v) is 5.11. The fourth-order valence-corrected chi connectivity index (χ4v) is 1.87. The summed E-state index contributed by atoms with van der Waals surface area (Å²) in [6.07, 6.45) is 1.04. The number of alkyl halides is 3. The fraction of sp³-hybridized carbons (Fsp3) is 0.154. The summed E-state index contributed by atoms with van der Waals surface area (Å²) in [6, 6.07) is 4.47. The van der Waals surface area contributed by atoms with Gasteiger partial charge in [0, 0.05) is 11.3 Å². The van der Waals surface area contributed by atoms with Crippen molar-refractivity contribution in [1.29, 1.82) is 0 Å². The summed E-state index contributed by atoms with van der Waals surface area (Å²) < 4.78 is 38.8. The fourth-order valence-electron chi connectivity index (χ4n) is 1.64. The van der Waals surface area contributed by atoms with Gasteiger partial charge in [-0.1, -0.05) is 36.5 Å². The molecule has 0 aromatic heterocycles. The van der Waals surface area contributed by atoms with Crippen LogP contribution in [0.3, 0.4) is 0 Å². The Kier molecular flexibility index (Phi) is 7.64. The molecule has 1 aromatic rings. The molecule has 1 aromatic carbocycles. The molecule has 2 rings (SSSR count). The van der Waals surface area contributed by atoms with Crippen LogP contribution in [0, 0.1) is 0 Å². The van der Waals surface area contributed by atoms with Gasteiger partial charge in [-0.25, -0.2) is 0 Å². The normalized spacial score (nSPS) is 13.6. The van der Waals surface area contributed by atoms with Gasteiger partial charge < -0.3 is 24.8 Å². The lowest BCUT2D eigenvalue weighted by atomic mass is 9.77. The van der Waals surface area contributed by atoms with E-state index >= 15 is 0 Å². The number of halogens is 3. The van der Waals surface area contributed by atoms with Crippen LogP contribution in [0.15, 0.2) is 48.0 Å². The Morgan fingerprint density at radius 2 is 1.75 bits per heavy atom. The summed E-state index contributed by atoms with van der Waals surface area (Å²) in [7, 11) is -3.21. The monoisotopic (exact) mass is 360 g/mol. The van der Waals surface area contributed by atoms with Crippen LogP contribution in [0.2, 0.25) is 0 Å². The SMILES string of the molecule is OB(O)C1=CC(=S)CC=C1.OB(O)c1cccc(OC(F)(F)F)c1. The molecule has 11 heteroatoms. The maximum atomic E-state index is 11.7. The first-order valence-electron chi connectivity index (χ1n) is 6.57. The van der Waals surface area contributed by atoms with Gasteiger partial charge in [-0.15, -0.1) is 13.2 Å². The lowest BCUT2D eigenvalue weighted by Gasteiger charge is -2.09. The van der Waals surface area contributed by atoms with E-state index in [0.29, 0.717) is 5.47 Å².